The van der Waals surface area contributed by atoms with E-state index in [9.17, 15) is 28.8 Å². The van der Waals surface area contributed by atoms with Crippen LogP contribution in [0.2, 0.25) is 0 Å². The molecule has 53 heavy (non-hydrogen) atoms. The van der Waals surface area contributed by atoms with Crippen molar-refractivity contribution in [2.45, 2.75) is 137 Å². The molecule has 1 aromatic rings. The number of hydrogen-bond donors (Lipinski definition) is 3. The smallest absolute Gasteiger partial charge is 0.246 e. The Balaban J connectivity index is 1.72. The van der Waals surface area contributed by atoms with E-state index >= 15 is 0 Å². The van der Waals surface area contributed by atoms with Crippen LogP contribution >= 0.6 is 0 Å². The van der Waals surface area contributed by atoms with Gasteiger partial charge in [-0.3, -0.25) is 33.8 Å². The summed E-state index contributed by atoms with van der Waals surface area (Å²) in [5, 5.41) is 9.35. The van der Waals surface area contributed by atoms with E-state index in [0.29, 0.717) is 38.6 Å². The normalized spacial score (nSPS) is 20.8. The summed E-state index contributed by atoms with van der Waals surface area (Å²) >= 11 is 0. The quantitative estimate of drug-likeness (QED) is 0.0305. The molecule has 0 radical (unpaired) electrons. The molecule has 2 amide bonds. The summed E-state index contributed by atoms with van der Waals surface area (Å²) in [5.41, 5.74) is 13.3. The van der Waals surface area contributed by atoms with E-state index in [2.05, 4.69) is 20.6 Å². The fourth-order valence-corrected chi connectivity index (χ4v) is 8.07. The SMILES string of the molecule is CCCC(CC(=O)[C@@H]1[C@H]2CCC[C@H]2CN1C(=O)[C@@H](NC(=O)[C@H](CC(=O)CCCCC(N)=NN=N)C(C)C)C(C)C)C(=O)C(=O)C[C@H](C)c1ccncc1. The highest BCUT2D eigenvalue weighted by atomic mass is 16.2. The molecule has 3 rings (SSSR count). The predicted molar refractivity (Wildman–Crippen MR) is 202 cm³/mol. The van der Waals surface area contributed by atoms with Gasteiger partial charge in [0.05, 0.1) is 6.04 Å². The van der Waals surface area contributed by atoms with Crippen molar-refractivity contribution in [2.24, 2.45) is 51.6 Å². The van der Waals surface area contributed by atoms with Crippen molar-refractivity contribution in [3.05, 3.63) is 30.1 Å². The van der Waals surface area contributed by atoms with E-state index in [-0.39, 0.29) is 84.5 Å². The van der Waals surface area contributed by atoms with Crippen LogP contribution in [-0.2, 0) is 28.8 Å². The first kappa shape index (κ1) is 43.2. The molecule has 1 aromatic heterocycles. The van der Waals surface area contributed by atoms with E-state index in [1.165, 1.54) is 0 Å². The Morgan fingerprint density at radius 3 is 2.26 bits per heavy atom. The second-order valence-electron chi connectivity index (χ2n) is 15.8. The number of aromatic nitrogens is 1. The van der Waals surface area contributed by atoms with Gasteiger partial charge in [0.25, 0.3) is 0 Å². The van der Waals surface area contributed by atoms with Crippen LogP contribution < -0.4 is 11.1 Å². The number of fused-ring (bicyclic) bond motifs is 1. The van der Waals surface area contributed by atoms with Crippen LogP contribution in [0, 0.1) is 41.0 Å². The number of nitrogens with zero attached hydrogens (tertiary/aromatic N) is 4. The Morgan fingerprint density at radius 1 is 0.962 bits per heavy atom. The number of ketones is 4. The van der Waals surface area contributed by atoms with Crippen LogP contribution in [0.3, 0.4) is 0 Å². The Hall–Kier alpha value is -4.16. The van der Waals surface area contributed by atoms with Gasteiger partial charge in [0.2, 0.25) is 17.6 Å². The molecule has 2 aliphatic rings. The van der Waals surface area contributed by atoms with Gasteiger partial charge in [0.1, 0.15) is 17.7 Å². The Labute approximate surface area is 314 Å². The van der Waals surface area contributed by atoms with E-state index in [1.54, 1.807) is 17.3 Å². The molecule has 1 aliphatic heterocycles. The van der Waals surface area contributed by atoms with Crippen molar-refractivity contribution < 1.29 is 28.8 Å². The van der Waals surface area contributed by atoms with E-state index < -0.39 is 35.5 Å². The van der Waals surface area contributed by atoms with Crippen LogP contribution in [0.25, 0.3) is 0 Å². The van der Waals surface area contributed by atoms with Gasteiger partial charge in [-0.25, -0.2) is 0 Å². The summed E-state index contributed by atoms with van der Waals surface area (Å²) in [6, 6.07) is 2.03. The maximum atomic E-state index is 14.4. The standard InChI is InChI=1S/C40H61N7O6/c1-7-11-28(38(51)34(50)20-26(6)27-16-18-43-19-17-27)21-33(49)37-31-14-10-12-29(31)23-47(37)40(53)36(25(4)5)44-39(52)32(24(2)3)22-30(48)13-8-9-15-35(41)45-46-42/h16-19,24-26,28-29,31-32,36-37H,7-15,20-23H2,1-6H3,(H,44,52)(H3,41,42,45)/t26-,28?,29-,31-,32+,36-,37-/m0/s1. The van der Waals surface area contributed by atoms with Crippen molar-refractivity contribution in [3.8, 4) is 0 Å². The molecule has 13 nitrogen and oxygen atoms in total. The zero-order valence-electron chi connectivity index (χ0n) is 32.5. The lowest BCUT2D eigenvalue weighted by Gasteiger charge is -2.33. The van der Waals surface area contributed by atoms with E-state index in [4.69, 9.17) is 11.3 Å². The number of amidine groups is 1. The van der Waals surface area contributed by atoms with Gasteiger partial charge in [-0.15, -0.1) is 5.10 Å². The third kappa shape index (κ3) is 12.2. The second kappa shape index (κ2) is 20.9. The molecule has 1 unspecified atom stereocenters. The molecule has 1 aliphatic carbocycles. The van der Waals surface area contributed by atoms with Crippen molar-refractivity contribution in [1.29, 1.82) is 5.53 Å². The number of carbonyl (C=O) groups is 6. The maximum Gasteiger partial charge on any atom is 0.246 e. The highest BCUT2D eigenvalue weighted by Crippen LogP contribution is 2.43. The van der Waals surface area contributed by atoms with Gasteiger partial charge >= 0.3 is 0 Å². The molecule has 1 saturated carbocycles. The Morgan fingerprint density at radius 2 is 1.64 bits per heavy atom. The van der Waals surface area contributed by atoms with E-state index in [0.717, 1.165) is 24.8 Å². The molecule has 4 N–H and O–H groups in total. The number of nitrogens with two attached hydrogens (primary N) is 1. The molecular weight excluding hydrogens is 674 g/mol. The molecule has 1 saturated heterocycles. The van der Waals surface area contributed by atoms with Crippen molar-refractivity contribution in [2.75, 3.05) is 6.54 Å². The summed E-state index contributed by atoms with van der Waals surface area (Å²) in [6.07, 6.45) is 8.83. The fourth-order valence-electron chi connectivity index (χ4n) is 8.07. The number of amides is 2. The second-order valence-corrected chi connectivity index (χ2v) is 15.8. The van der Waals surface area contributed by atoms with Crippen LogP contribution in [0.5, 0.6) is 0 Å². The van der Waals surface area contributed by atoms with Gasteiger partial charge in [-0.05, 0) is 79.4 Å². The average molecular weight is 736 g/mol. The fraction of sp³-hybridized carbons (Fsp3) is 0.700. The minimum Gasteiger partial charge on any atom is -0.386 e. The minimum absolute atomic E-state index is 0.0289. The predicted octanol–water partition coefficient (Wildman–Crippen LogP) is 5.95. The number of likely N-dealkylation sites (tertiary alicyclic amines) is 1. The van der Waals surface area contributed by atoms with Gasteiger partial charge < -0.3 is 16.0 Å². The molecule has 2 heterocycles. The summed E-state index contributed by atoms with van der Waals surface area (Å²) in [5.74, 6) is -3.63. The largest absolute Gasteiger partial charge is 0.386 e. The molecule has 0 spiro atoms. The van der Waals surface area contributed by atoms with Crippen LogP contribution in [0.1, 0.15) is 130 Å². The Kier molecular flexibility index (Phi) is 17.1. The monoisotopic (exact) mass is 735 g/mol. The number of rotatable bonds is 23. The highest BCUT2D eigenvalue weighted by Gasteiger charge is 2.51. The molecule has 7 atom stereocenters. The van der Waals surface area contributed by atoms with Gasteiger partial charge in [-0.1, -0.05) is 59.6 Å². The third-order valence-corrected chi connectivity index (χ3v) is 11.1. The zero-order chi connectivity index (χ0) is 39.2. The molecule has 0 bridgehead atoms. The minimum atomic E-state index is -0.901. The lowest BCUT2D eigenvalue weighted by atomic mass is 9.83. The van der Waals surface area contributed by atoms with E-state index in [1.807, 2.05) is 53.7 Å². The topological polar surface area (TPSA) is 205 Å². The number of pyridine rings is 1. The summed E-state index contributed by atoms with van der Waals surface area (Å²) < 4.78 is 0. The number of hydrogen-bond acceptors (Lipinski definition) is 9. The van der Waals surface area contributed by atoms with Crippen molar-refractivity contribution in [3.63, 3.8) is 0 Å². The van der Waals surface area contributed by atoms with Crippen LogP contribution in [0.4, 0.5) is 0 Å². The number of carbonyl (C=O) groups excluding carboxylic acids is 6. The van der Waals surface area contributed by atoms with Gasteiger partial charge in [0, 0.05) is 62.9 Å². The van der Waals surface area contributed by atoms with Gasteiger partial charge in [-0.2, -0.15) is 5.53 Å². The zero-order valence-corrected chi connectivity index (χ0v) is 32.5. The molecule has 13 heteroatoms. The van der Waals surface area contributed by atoms with Crippen molar-refractivity contribution >= 4 is 40.8 Å². The lowest BCUT2D eigenvalue weighted by Crippen LogP contribution is -2.56. The highest BCUT2D eigenvalue weighted by molar-refractivity contribution is 6.38. The first-order chi connectivity index (χ1) is 25.2. The molecule has 0 aromatic carbocycles. The number of Topliss-reactive ketones (excluding diaryl/α,β-unsaturated/α-hetero) is 4. The number of unbranched alkanes of at least 4 members (excludes halogenated alkanes) is 1. The van der Waals surface area contributed by atoms with Crippen LogP contribution in [0.15, 0.2) is 34.9 Å². The molecular formula is C40H61N7O6. The molecule has 2 fully saturated rings. The maximum absolute atomic E-state index is 14.4. The molecule has 292 valence electrons. The average Bonchev–Trinajstić information content (AvgIpc) is 3.72. The number of nitrogens with one attached hydrogen (secondary N) is 2. The summed E-state index contributed by atoms with van der Waals surface area (Å²) in [4.78, 5) is 87.8. The first-order valence-corrected chi connectivity index (χ1v) is 19.5. The lowest BCUT2D eigenvalue weighted by molar-refractivity contribution is -0.145. The van der Waals surface area contributed by atoms with Gasteiger partial charge in [0.15, 0.2) is 11.6 Å². The first-order valence-electron chi connectivity index (χ1n) is 19.5. The van der Waals surface area contributed by atoms with Crippen LogP contribution in [-0.4, -0.2) is 69.3 Å². The summed E-state index contributed by atoms with van der Waals surface area (Å²) in [6.45, 7) is 11.7. The Bertz CT molecular complexity index is 1480. The summed E-state index contributed by atoms with van der Waals surface area (Å²) in [7, 11) is 0. The van der Waals surface area contributed by atoms with Crippen molar-refractivity contribution in [1.82, 2.24) is 15.2 Å². The third-order valence-electron chi connectivity index (χ3n) is 11.1.